The summed E-state index contributed by atoms with van der Waals surface area (Å²) in [6, 6.07) is 0. The van der Waals surface area contributed by atoms with E-state index in [1.54, 1.807) is 0 Å². The summed E-state index contributed by atoms with van der Waals surface area (Å²) in [6.45, 7) is 0. The molecule has 0 amide bonds. The maximum absolute atomic E-state index is 13.8. The molecule has 0 radical (unpaired) electrons. The van der Waals surface area contributed by atoms with Gasteiger partial charge >= 0.3 is 5.92 Å². The van der Waals surface area contributed by atoms with E-state index in [-0.39, 0.29) is 5.56 Å². The number of halogens is 4. The number of hydrogen-bond donors (Lipinski definition) is 0. The summed E-state index contributed by atoms with van der Waals surface area (Å²) in [5.41, 5.74) is -1.04. The third kappa shape index (κ3) is 0.872. The van der Waals surface area contributed by atoms with Gasteiger partial charge in [-0.3, -0.25) is 4.68 Å². The Hall–Kier alpha value is -1.51. The van der Waals surface area contributed by atoms with Gasteiger partial charge in [0.05, 0.1) is 5.92 Å². The molecule has 0 aromatic carbocycles. The molecular formula is C10H6F4N2. The van der Waals surface area contributed by atoms with E-state index >= 15 is 0 Å². The highest BCUT2D eigenvalue weighted by molar-refractivity contribution is 5.53. The molecule has 1 heterocycles. The molecule has 2 aliphatic rings. The molecule has 0 N–H and O–H groups in total. The van der Waals surface area contributed by atoms with Gasteiger partial charge in [-0.15, -0.1) is 0 Å². The Balaban J connectivity index is 2.27. The smallest absolute Gasteiger partial charge is 0.266 e. The summed E-state index contributed by atoms with van der Waals surface area (Å²) in [6.07, 6.45) is -2.84. The first-order valence-corrected chi connectivity index (χ1v) is 4.69. The standard InChI is InChI=1S/C10H6F4N2/c1-16-8-6(7(15-16)9(11)12)4-2-3-5(4)10(8,13)14/h4-5,9H,1H3/t4-,5+/m0/s1. The Bertz CT molecular complexity index is 535. The number of aryl methyl sites for hydroxylation is 1. The first-order valence-electron chi connectivity index (χ1n) is 4.69. The number of alkyl halides is 4. The van der Waals surface area contributed by atoms with Crippen molar-refractivity contribution in [1.29, 1.82) is 0 Å². The van der Waals surface area contributed by atoms with E-state index < -0.39 is 35.6 Å². The monoisotopic (exact) mass is 230 g/mol. The number of rotatable bonds is 1. The summed E-state index contributed by atoms with van der Waals surface area (Å²) in [7, 11) is 1.25. The molecule has 0 aliphatic heterocycles. The summed E-state index contributed by atoms with van der Waals surface area (Å²) in [5.74, 6) is -0.241. The molecule has 1 aromatic rings. The minimum absolute atomic E-state index is 0.0637. The molecule has 2 nitrogen and oxygen atoms in total. The van der Waals surface area contributed by atoms with Crippen LogP contribution < -0.4 is 0 Å². The highest BCUT2D eigenvalue weighted by atomic mass is 19.3. The van der Waals surface area contributed by atoms with Crippen LogP contribution in [0.15, 0.2) is 0 Å². The van der Waals surface area contributed by atoms with Crippen molar-refractivity contribution >= 4 is 0 Å². The van der Waals surface area contributed by atoms with Crippen LogP contribution in [0.2, 0.25) is 0 Å². The summed E-state index contributed by atoms with van der Waals surface area (Å²) in [5, 5.41) is 3.47. The summed E-state index contributed by atoms with van der Waals surface area (Å²) in [4.78, 5) is 0. The molecule has 1 aromatic heterocycles. The van der Waals surface area contributed by atoms with E-state index in [9.17, 15) is 17.6 Å². The predicted molar refractivity (Wildman–Crippen MR) is 46.1 cm³/mol. The Labute approximate surface area is 88.2 Å². The van der Waals surface area contributed by atoms with Gasteiger partial charge in [-0.1, -0.05) is 11.8 Å². The lowest BCUT2D eigenvalue weighted by Crippen LogP contribution is -2.28. The first-order chi connectivity index (χ1) is 7.44. The highest BCUT2D eigenvalue weighted by Gasteiger charge is 2.60. The highest BCUT2D eigenvalue weighted by Crippen LogP contribution is 2.56. The van der Waals surface area contributed by atoms with Crippen molar-refractivity contribution in [2.75, 3.05) is 0 Å². The van der Waals surface area contributed by atoms with Crippen LogP contribution in [0, 0.1) is 17.8 Å². The van der Waals surface area contributed by atoms with Crippen molar-refractivity contribution < 1.29 is 17.6 Å². The largest absolute Gasteiger partial charge is 0.304 e. The van der Waals surface area contributed by atoms with E-state index in [0.717, 1.165) is 4.68 Å². The van der Waals surface area contributed by atoms with Crippen molar-refractivity contribution in [1.82, 2.24) is 9.78 Å². The summed E-state index contributed by atoms with van der Waals surface area (Å²) < 4.78 is 53.7. The minimum atomic E-state index is -3.17. The normalized spacial score (nSPS) is 28.1. The van der Waals surface area contributed by atoms with E-state index in [2.05, 4.69) is 16.9 Å². The van der Waals surface area contributed by atoms with Crippen LogP contribution in [0.1, 0.15) is 29.3 Å². The second-order valence-electron chi connectivity index (χ2n) is 3.94. The molecule has 2 aliphatic carbocycles. The molecule has 0 bridgehead atoms. The van der Waals surface area contributed by atoms with Crippen molar-refractivity contribution in [2.24, 2.45) is 13.0 Å². The maximum Gasteiger partial charge on any atom is 0.304 e. The number of aromatic nitrogens is 2. The topological polar surface area (TPSA) is 17.8 Å². The molecular weight excluding hydrogens is 224 g/mol. The van der Waals surface area contributed by atoms with Crippen molar-refractivity contribution in [2.45, 2.75) is 18.3 Å². The third-order valence-corrected chi connectivity index (χ3v) is 3.06. The fourth-order valence-electron chi connectivity index (χ4n) is 2.36. The van der Waals surface area contributed by atoms with Crippen molar-refractivity contribution in [3.63, 3.8) is 0 Å². The second-order valence-corrected chi connectivity index (χ2v) is 3.94. The summed E-state index contributed by atoms with van der Waals surface area (Å²) >= 11 is 0. The lowest BCUT2D eigenvalue weighted by Gasteiger charge is -2.22. The van der Waals surface area contributed by atoms with Crippen LogP contribution in [-0.4, -0.2) is 9.78 Å². The molecule has 16 heavy (non-hydrogen) atoms. The Morgan fingerprint density at radius 1 is 1.38 bits per heavy atom. The SMILES string of the molecule is Cn1nc(C(F)F)c2c1C(F)(F)[C@@H]1C#C[C@H]21. The molecule has 0 spiro atoms. The van der Waals surface area contributed by atoms with Crippen LogP contribution in [0.5, 0.6) is 0 Å². The van der Waals surface area contributed by atoms with Gasteiger partial charge in [-0.2, -0.15) is 13.9 Å². The third-order valence-electron chi connectivity index (χ3n) is 3.06. The molecule has 0 fully saturated rings. The predicted octanol–water partition coefficient (Wildman–Crippen LogP) is 2.18. The number of fused-ring (bicyclic) bond motifs is 3. The molecule has 0 saturated carbocycles. The van der Waals surface area contributed by atoms with Crippen LogP contribution in [0.25, 0.3) is 0 Å². The van der Waals surface area contributed by atoms with Gasteiger partial charge in [0.1, 0.15) is 17.3 Å². The second kappa shape index (κ2) is 2.59. The van der Waals surface area contributed by atoms with Crippen LogP contribution in [0.4, 0.5) is 17.6 Å². The Kier molecular flexibility index (Phi) is 1.57. The van der Waals surface area contributed by atoms with Crippen LogP contribution in [0.3, 0.4) is 0 Å². The number of hydrogen-bond acceptors (Lipinski definition) is 1. The van der Waals surface area contributed by atoms with E-state index in [1.165, 1.54) is 7.05 Å². The fraction of sp³-hybridized carbons (Fsp3) is 0.500. The van der Waals surface area contributed by atoms with E-state index in [1.807, 2.05) is 0 Å². The fourth-order valence-corrected chi connectivity index (χ4v) is 2.36. The van der Waals surface area contributed by atoms with Crippen molar-refractivity contribution in [3.8, 4) is 11.8 Å². The molecule has 84 valence electrons. The molecule has 6 heteroatoms. The van der Waals surface area contributed by atoms with Crippen molar-refractivity contribution in [3.05, 3.63) is 17.0 Å². The average Bonchev–Trinajstić information content (AvgIpc) is 2.46. The minimum Gasteiger partial charge on any atom is -0.266 e. The Morgan fingerprint density at radius 2 is 2.06 bits per heavy atom. The van der Waals surface area contributed by atoms with Gasteiger partial charge in [0.15, 0.2) is 0 Å². The average molecular weight is 230 g/mol. The maximum atomic E-state index is 13.8. The lowest BCUT2D eigenvalue weighted by molar-refractivity contribution is -0.0444. The van der Waals surface area contributed by atoms with Gasteiger partial charge in [0.25, 0.3) is 6.43 Å². The van der Waals surface area contributed by atoms with Crippen LogP contribution in [-0.2, 0) is 13.0 Å². The zero-order chi connectivity index (χ0) is 11.7. The van der Waals surface area contributed by atoms with Gasteiger partial charge in [0.2, 0.25) is 0 Å². The lowest BCUT2D eigenvalue weighted by atomic mass is 9.84. The molecule has 0 unspecified atom stereocenters. The van der Waals surface area contributed by atoms with Gasteiger partial charge in [-0.05, 0) is 0 Å². The first kappa shape index (κ1) is 9.70. The van der Waals surface area contributed by atoms with Gasteiger partial charge in [-0.25, -0.2) is 8.78 Å². The molecule has 2 atom stereocenters. The zero-order valence-electron chi connectivity index (χ0n) is 8.14. The number of nitrogens with zero attached hydrogens (tertiary/aromatic N) is 2. The van der Waals surface area contributed by atoms with E-state index in [0.29, 0.717) is 0 Å². The Morgan fingerprint density at radius 3 is 2.56 bits per heavy atom. The van der Waals surface area contributed by atoms with Gasteiger partial charge < -0.3 is 0 Å². The van der Waals surface area contributed by atoms with Gasteiger partial charge in [0, 0.05) is 12.6 Å². The zero-order valence-corrected chi connectivity index (χ0v) is 8.14. The molecule has 0 saturated heterocycles. The molecule has 3 rings (SSSR count). The van der Waals surface area contributed by atoms with E-state index in [4.69, 9.17) is 0 Å². The quantitative estimate of drug-likeness (QED) is 0.534. The van der Waals surface area contributed by atoms with Crippen LogP contribution >= 0.6 is 0 Å².